The topological polar surface area (TPSA) is 119 Å². The van der Waals surface area contributed by atoms with E-state index in [9.17, 15) is 19.7 Å². The summed E-state index contributed by atoms with van der Waals surface area (Å²) in [5.74, 6) is -0.141. The van der Waals surface area contributed by atoms with E-state index in [4.69, 9.17) is 0 Å². The molecule has 9 nitrogen and oxygen atoms in total. The van der Waals surface area contributed by atoms with Crippen LogP contribution in [0.3, 0.4) is 0 Å². The third-order valence-electron chi connectivity index (χ3n) is 3.70. The van der Waals surface area contributed by atoms with Gasteiger partial charge in [-0.15, -0.1) is 0 Å². The van der Waals surface area contributed by atoms with E-state index in [0.29, 0.717) is 23.6 Å². The van der Waals surface area contributed by atoms with E-state index in [2.05, 4.69) is 15.6 Å². The number of anilines is 1. The van der Waals surface area contributed by atoms with E-state index in [1.165, 1.54) is 6.20 Å². The molecule has 0 saturated heterocycles. The highest BCUT2D eigenvalue weighted by molar-refractivity contribution is 5.95. The van der Waals surface area contributed by atoms with Crippen molar-refractivity contribution in [1.82, 2.24) is 14.9 Å². The molecule has 2 aromatic rings. The van der Waals surface area contributed by atoms with Crippen molar-refractivity contribution in [3.8, 4) is 0 Å². The summed E-state index contributed by atoms with van der Waals surface area (Å²) >= 11 is 0. The summed E-state index contributed by atoms with van der Waals surface area (Å²) < 4.78 is 1.57. The Kier molecular flexibility index (Phi) is 6.42. The van der Waals surface area contributed by atoms with Crippen LogP contribution in [0.25, 0.3) is 0 Å². The van der Waals surface area contributed by atoms with Gasteiger partial charge in [-0.3, -0.25) is 9.59 Å². The average Bonchev–Trinajstić information content (AvgIpc) is 2.99. The van der Waals surface area contributed by atoms with E-state index in [0.717, 1.165) is 6.42 Å². The third kappa shape index (κ3) is 5.13. The predicted octanol–water partition coefficient (Wildman–Crippen LogP) is 2.27. The van der Waals surface area contributed by atoms with Crippen LogP contribution < -0.4 is 10.6 Å². The van der Waals surface area contributed by atoms with Crippen molar-refractivity contribution in [2.75, 3.05) is 11.9 Å². The van der Waals surface area contributed by atoms with Crippen molar-refractivity contribution in [3.63, 3.8) is 0 Å². The van der Waals surface area contributed by atoms with Gasteiger partial charge in [-0.2, -0.15) is 0 Å². The molecule has 0 aliphatic heterocycles. The van der Waals surface area contributed by atoms with E-state index in [1.807, 2.05) is 6.92 Å². The molecule has 138 valence electrons. The number of nitro groups is 1. The van der Waals surface area contributed by atoms with Crippen LogP contribution in [0.1, 0.15) is 35.9 Å². The van der Waals surface area contributed by atoms with E-state index in [-0.39, 0.29) is 30.6 Å². The third-order valence-corrected chi connectivity index (χ3v) is 3.70. The molecule has 0 radical (unpaired) electrons. The van der Waals surface area contributed by atoms with Crippen molar-refractivity contribution in [2.24, 2.45) is 0 Å². The lowest BCUT2D eigenvalue weighted by molar-refractivity contribution is -0.389. The number of aromatic nitrogens is 2. The van der Waals surface area contributed by atoms with Crippen LogP contribution in [0.5, 0.6) is 0 Å². The van der Waals surface area contributed by atoms with Gasteiger partial charge in [0.1, 0.15) is 6.20 Å². The second-order valence-corrected chi connectivity index (χ2v) is 5.73. The number of aryl methyl sites for hydroxylation is 2. The van der Waals surface area contributed by atoms with Gasteiger partial charge in [0.2, 0.25) is 11.7 Å². The number of benzene rings is 1. The Hall–Kier alpha value is -3.23. The molecule has 9 heteroatoms. The van der Waals surface area contributed by atoms with Crippen molar-refractivity contribution >= 4 is 23.3 Å². The summed E-state index contributed by atoms with van der Waals surface area (Å²) in [5.41, 5.74) is 1.10. The molecule has 26 heavy (non-hydrogen) atoms. The van der Waals surface area contributed by atoms with Crippen LogP contribution >= 0.6 is 0 Å². The average molecular weight is 359 g/mol. The molecule has 0 aliphatic rings. The Morgan fingerprint density at radius 2 is 1.96 bits per heavy atom. The fourth-order valence-electron chi connectivity index (χ4n) is 2.30. The zero-order chi connectivity index (χ0) is 19.1. The largest absolute Gasteiger partial charge is 0.381 e. The van der Waals surface area contributed by atoms with Gasteiger partial charge >= 0.3 is 5.82 Å². The second-order valence-electron chi connectivity index (χ2n) is 5.73. The molecule has 0 aliphatic carbocycles. The van der Waals surface area contributed by atoms with Crippen molar-refractivity contribution < 1.29 is 14.5 Å². The highest BCUT2D eigenvalue weighted by Crippen LogP contribution is 2.12. The molecule has 0 unspecified atom stereocenters. The van der Waals surface area contributed by atoms with Crippen LogP contribution in [0.2, 0.25) is 0 Å². The lowest BCUT2D eigenvalue weighted by Gasteiger charge is -2.07. The number of hydrogen-bond acceptors (Lipinski definition) is 5. The van der Waals surface area contributed by atoms with Crippen LogP contribution in [-0.4, -0.2) is 32.8 Å². The minimum absolute atomic E-state index is 0.146. The van der Waals surface area contributed by atoms with Gasteiger partial charge in [0.25, 0.3) is 5.91 Å². The number of amides is 2. The molecule has 0 fully saturated rings. The van der Waals surface area contributed by atoms with Gasteiger partial charge in [-0.05, 0) is 40.6 Å². The van der Waals surface area contributed by atoms with Gasteiger partial charge in [0.05, 0.1) is 0 Å². The number of rotatable bonds is 8. The van der Waals surface area contributed by atoms with Crippen molar-refractivity contribution in [1.29, 1.82) is 0 Å². The molecule has 0 spiro atoms. The number of carbonyl (C=O) groups is 2. The fourth-order valence-corrected chi connectivity index (χ4v) is 2.30. The highest BCUT2D eigenvalue weighted by Gasteiger charge is 2.15. The lowest BCUT2D eigenvalue weighted by atomic mass is 10.2. The SMILES string of the molecule is CCCNC(=O)c1ccc(NC(=O)CCn2cc([N+](=O)[O-])nc2C)cc1. The first-order chi connectivity index (χ1) is 12.4. The molecule has 1 heterocycles. The maximum Gasteiger partial charge on any atom is 0.381 e. The van der Waals surface area contributed by atoms with Crippen molar-refractivity contribution in [2.45, 2.75) is 33.2 Å². The monoisotopic (exact) mass is 359 g/mol. The molecular formula is C17H21N5O4. The number of nitrogens with zero attached hydrogens (tertiary/aromatic N) is 3. The molecule has 0 saturated carbocycles. The predicted molar refractivity (Wildman–Crippen MR) is 95.9 cm³/mol. The Morgan fingerprint density at radius 3 is 2.54 bits per heavy atom. The summed E-state index contributed by atoms with van der Waals surface area (Å²) in [5, 5.41) is 16.2. The van der Waals surface area contributed by atoms with Gasteiger partial charge < -0.3 is 25.3 Å². The second kappa shape index (κ2) is 8.75. The minimum atomic E-state index is -0.568. The molecule has 2 N–H and O–H groups in total. The molecular weight excluding hydrogens is 338 g/mol. The molecule has 1 aromatic carbocycles. The van der Waals surface area contributed by atoms with Gasteiger partial charge in [-0.1, -0.05) is 6.92 Å². The smallest absolute Gasteiger partial charge is 0.358 e. The summed E-state index contributed by atoms with van der Waals surface area (Å²) in [6, 6.07) is 6.60. The Morgan fingerprint density at radius 1 is 1.27 bits per heavy atom. The number of nitrogens with one attached hydrogen (secondary N) is 2. The molecule has 1 aromatic heterocycles. The standard InChI is InChI=1S/C17H21N5O4/c1-3-9-18-17(24)13-4-6-14(7-5-13)20-16(23)8-10-21-11-15(22(25)26)19-12(21)2/h4-7,11H,3,8-10H2,1-2H3,(H,18,24)(H,20,23). The summed E-state index contributed by atoms with van der Waals surface area (Å²) in [6.07, 6.45) is 2.32. The Balaban J connectivity index is 1.88. The number of hydrogen-bond donors (Lipinski definition) is 2. The van der Waals surface area contributed by atoms with Crippen LogP contribution in [0, 0.1) is 17.0 Å². The van der Waals surface area contributed by atoms with Crippen molar-refractivity contribution in [3.05, 3.63) is 52.0 Å². The maximum atomic E-state index is 12.0. The van der Waals surface area contributed by atoms with Crippen LogP contribution in [-0.2, 0) is 11.3 Å². The quantitative estimate of drug-likeness (QED) is 0.553. The normalized spacial score (nSPS) is 10.4. The first-order valence-electron chi connectivity index (χ1n) is 8.27. The van der Waals surface area contributed by atoms with Gasteiger partial charge in [0.15, 0.2) is 0 Å². The zero-order valence-electron chi connectivity index (χ0n) is 14.7. The summed E-state index contributed by atoms with van der Waals surface area (Å²) in [7, 11) is 0. The molecule has 0 atom stereocenters. The zero-order valence-corrected chi connectivity index (χ0v) is 14.7. The lowest BCUT2D eigenvalue weighted by Crippen LogP contribution is -2.23. The minimum Gasteiger partial charge on any atom is -0.358 e. The number of imidazole rings is 1. The van der Waals surface area contributed by atoms with Gasteiger partial charge in [0, 0.05) is 37.7 Å². The molecule has 2 rings (SSSR count). The Bertz CT molecular complexity index is 798. The Labute approximate surface area is 150 Å². The fraction of sp³-hybridized carbons (Fsp3) is 0.353. The van der Waals surface area contributed by atoms with E-state index < -0.39 is 4.92 Å². The highest BCUT2D eigenvalue weighted by atomic mass is 16.6. The summed E-state index contributed by atoms with van der Waals surface area (Å²) in [6.45, 7) is 4.52. The maximum absolute atomic E-state index is 12.0. The number of carbonyl (C=O) groups excluding carboxylic acids is 2. The van der Waals surface area contributed by atoms with Crippen LogP contribution in [0.4, 0.5) is 11.5 Å². The summed E-state index contributed by atoms with van der Waals surface area (Å²) in [4.78, 5) is 37.8. The van der Waals surface area contributed by atoms with E-state index >= 15 is 0 Å². The molecule has 2 amide bonds. The molecule has 0 bridgehead atoms. The first kappa shape index (κ1) is 19.1. The van der Waals surface area contributed by atoms with E-state index in [1.54, 1.807) is 35.8 Å². The van der Waals surface area contributed by atoms with Crippen LogP contribution in [0.15, 0.2) is 30.5 Å². The first-order valence-corrected chi connectivity index (χ1v) is 8.27. The van der Waals surface area contributed by atoms with Gasteiger partial charge in [-0.25, -0.2) is 0 Å².